The summed E-state index contributed by atoms with van der Waals surface area (Å²) in [6.45, 7) is 0. The number of hydrogen-bond acceptors (Lipinski definition) is 3. The maximum atomic E-state index is 10.9. The second kappa shape index (κ2) is 2.77. The zero-order chi connectivity index (χ0) is 9.47. The highest BCUT2D eigenvalue weighted by atomic mass is 79.9. The van der Waals surface area contributed by atoms with Crippen LogP contribution < -0.4 is 0 Å². The van der Waals surface area contributed by atoms with Crippen LogP contribution in [0.2, 0.25) is 0 Å². The summed E-state index contributed by atoms with van der Waals surface area (Å²) in [7, 11) is 0. The van der Waals surface area contributed by atoms with Crippen LogP contribution in [0.3, 0.4) is 0 Å². The second-order valence-corrected chi connectivity index (χ2v) is 3.92. The summed E-state index contributed by atoms with van der Waals surface area (Å²) in [5.41, 5.74) is -0.184. The summed E-state index contributed by atoms with van der Waals surface area (Å²) in [5, 5.41) is 8.95. The average Bonchev–Trinajstić information content (AvgIpc) is 2.86. The van der Waals surface area contributed by atoms with Crippen molar-refractivity contribution in [3.05, 3.63) is 22.7 Å². The van der Waals surface area contributed by atoms with Crippen molar-refractivity contribution in [3.8, 4) is 0 Å². The zero-order valence-corrected chi connectivity index (χ0v) is 8.28. The Bertz CT molecular complexity index is 346. The minimum Gasteiger partial charge on any atom is -0.481 e. The molecule has 2 rings (SSSR count). The molecule has 0 radical (unpaired) electrons. The number of halogens is 1. The molecule has 1 aromatic heterocycles. The third-order valence-corrected chi connectivity index (χ3v) is 2.68. The Hall–Kier alpha value is -0.970. The molecule has 0 bridgehead atoms. The molecule has 1 aromatic rings. The summed E-state index contributed by atoms with van der Waals surface area (Å²) >= 11 is 3.15. The van der Waals surface area contributed by atoms with Gasteiger partial charge in [0.15, 0.2) is 0 Å². The van der Waals surface area contributed by atoms with Crippen LogP contribution in [0.4, 0.5) is 0 Å². The summed E-state index contributed by atoms with van der Waals surface area (Å²) in [6.07, 6.45) is 4.38. The number of hydrogen-bond donors (Lipinski definition) is 1. The number of rotatable bonds is 2. The van der Waals surface area contributed by atoms with E-state index in [1.807, 2.05) is 0 Å². The van der Waals surface area contributed by atoms with E-state index in [-0.39, 0.29) is 0 Å². The minimum absolute atomic E-state index is 0.559. The van der Waals surface area contributed by atoms with Gasteiger partial charge >= 0.3 is 5.97 Å². The van der Waals surface area contributed by atoms with Gasteiger partial charge in [-0.1, -0.05) is 0 Å². The average molecular weight is 243 g/mol. The first-order valence-electron chi connectivity index (χ1n) is 3.86. The molecule has 5 heteroatoms. The van der Waals surface area contributed by atoms with Crippen molar-refractivity contribution in [2.75, 3.05) is 0 Å². The molecule has 0 saturated heterocycles. The number of carboxylic acids is 1. The summed E-state index contributed by atoms with van der Waals surface area (Å²) in [6, 6.07) is 0. The highest BCUT2D eigenvalue weighted by Gasteiger charge is 2.53. The molecule has 0 aliphatic heterocycles. The first-order valence-corrected chi connectivity index (χ1v) is 4.66. The van der Waals surface area contributed by atoms with Crippen LogP contribution in [-0.4, -0.2) is 21.0 Å². The molecule has 1 aliphatic carbocycles. The molecule has 1 fully saturated rings. The first kappa shape index (κ1) is 8.62. The van der Waals surface area contributed by atoms with E-state index < -0.39 is 11.4 Å². The molecule has 0 spiro atoms. The van der Waals surface area contributed by atoms with Gasteiger partial charge in [0, 0.05) is 0 Å². The smallest absolute Gasteiger partial charge is 0.315 e. The van der Waals surface area contributed by atoms with Crippen LogP contribution in [0.5, 0.6) is 0 Å². The fourth-order valence-corrected chi connectivity index (χ4v) is 1.47. The normalized spacial score (nSPS) is 18.2. The van der Waals surface area contributed by atoms with Gasteiger partial charge in [-0.05, 0) is 28.8 Å². The third kappa shape index (κ3) is 1.33. The van der Waals surface area contributed by atoms with E-state index in [1.54, 1.807) is 0 Å². The van der Waals surface area contributed by atoms with E-state index in [0.29, 0.717) is 23.1 Å². The van der Waals surface area contributed by atoms with Crippen LogP contribution in [0.15, 0.2) is 17.0 Å². The van der Waals surface area contributed by atoms with Gasteiger partial charge in [0.1, 0.15) is 10.0 Å². The molecule has 1 heterocycles. The fourth-order valence-electron chi connectivity index (χ4n) is 1.26. The largest absolute Gasteiger partial charge is 0.481 e. The van der Waals surface area contributed by atoms with Crippen molar-refractivity contribution in [2.45, 2.75) is 18.3 Å². The van der Waals surface area contributed by atoms with Crippen LogP contribution in [0.25, 0.3) is 0 Å². The summed E-state index contributed by atoms with van der Waals surface area (Å²) in [5.74, 6) is -0.802. The van der Waals surface area contributed by atoms with Crippen LogP contribution in [-0.2, 0) is 10.2 Å². The van der Waals surface area contributed by atoms with Gasteiger partial charge in [-0.3, -0.25) is 9.78 Å². The zero-order valence-electron chi connectivity index (χ0n) is 6.70. The van der Waals surface area contributed by atoms with E-state index in [2.05, 4.69) is 25.9 Å². The molecule has 1 aliphatic rings. The van der Waals surface area contributed by atoms with E-state index in [4.69, 9.17) is 5.11 Å². The Morgan fingerprint density at radius 2 is 2.15 bits per heavy atom. The van der Waals surface area contributed by atoms with Gasteiger partial charge in [-0.2, -0.15) is 0 Å². The lowest BCUT2D eigenvalue weighted by Crippen LogP contribution is -2.21. The Kier molecular flexibility index (Phi) is 1.83. The van der Waals surface area contributed by atoms with Crippen molar-refractivity contribution in [1.82, 2.24) is 9.97 Å². The van der Waals surface area contributed by atoms with E-state index >= 15 is 0 Å². The molecular weight excluding hydrogens is 236 g/mol. The van der Waals surface area contributed by atoms with Crippen molar-refractivity contribution in [3.63, 3.8) is 0 Å². The van der Waals surface area contributed by atoms with Crippen molar-refractivity contribution >= 4 is 21.9 Å². The lowest BCUT2D eigenvalue weighted by atomic mass is 10.0. The molecule has 68 valence electrons. The SMILES string of the molecule is O=C(O)C1(c2cnc(Br)cn2)CC1. The molecule has 0 aromatic carbocycles. The van der Waals surface area contributed by atoms with Crippen molar-refractivity contribution in [2.24, 2.45) is 0 Å². The maximum absolute atomic E-state index is 10.9. The molecule has 0 atom stereocenters. The third-order valence-electron chi connectivity index (χ3n) is 2.27. The van der Waals surface area contributed by atoms with Gasteiger partial charge in [0.25, 0.3) is 0 Å². The fraction of sp³-hybridized carbons (Fsp3) is 0.375. The number of nitrogens with zero attached hydrogens (tertiary/aromatic N) is 2. The monoisotopic (exact) mass is 242 g/mol. The molecular formula is C8H7BrN2O2. The highest BCUT2D eigenvalue weighted by Crippen LogP contribution is 2.47. The van der Waals surface area contributed by atoms with Gasteiger partial charge < -0.3 is 5.11 Å². The number of aromatic nitrogens is 2. The topological polar surface area (TPSA) is 63.1 Å². The standard InChI is InChI=1S/C8H7BrN2O2/c9-6-4-10-5(3-11-6)8(1-2-8)7(12)13/h3-4H,1-2H2,(H,12,13). The first-order chi connectivity index (χ1) is 6.15. The van der Waals surface area contributed by atoms with Crippen molar-refractivity contribution < 1.29 is 9.90 Å². The summed E-state index contributed by atoms with van der Waals surface area (Å²) < 4.78 is 0.623. The Morgan fingerprint density at radius 1 is 1.46 bits per heavy atom. The lowest BCUT2D eigenvalue weighted by molar-refractivity contribution is -0.140. The number of aliphatic carboxylic acids is 1. The quantitative estimate of drug-likeness (QED) is 0.851. The van der Waals surface area contributed by atoms with E-state index in [9.17, 15) is 4.79 Å². The van der Waals surface area contributed by atoms with Gasteiger partial charge in [-0.15, -0.1) is 0 Å². The second-order valence-electron chi connectivity index (χ2n) is 3.11. The predicted octanol–water partition coefficient (Wildman–Crippen LogP) is 1.36. The van der Waals surface area contributed by atoms with Crippen LogP contribution in [0.1, 0.15) is 18.5 Å². The van der Waals surface area contributed by atoms with Gasteiger partial charge in [0.05, 0.1) is 18.1 Å². The van der Waals surface area contributed by atoms with E-state index in [0.717, 1.165) is 0 Å². The van der Waals surface area contributed by atoms with Crippen LogP contribution in [0, 0.1) is 0 Å². The maximum Gasteiger partial charge on any atom is 0.315 e. The molecule has 0 unspecified atom stereocenters. The molecule has 1 N–H and O–H groups in total. The molecule has 1 saturated carbocycles. The summed E-state index contributed by atoms with van der Waals surface area (Å²) in [4.78, 5) is 18.9. The van der Waals surface area contributed by atoms with Gasteiger partial charge in [-0.25, -0.2) is 4.98 Å². The molecule has 13 heavy (non-hydrogen) atoms. The number of carboxylic acid groups (broad SMARTS) is 1. The predicted molar refractivity (Wildman–Crippen MR) is 48.3 cm³/mol. The van der Waals surface area contributed by atoms with Crippen LogP contribution >= 0.6 is 15.9 Å². The lowest BCUT2D eigenvalue weighted by Gasteiger charge is -2.07. The minimum atomic E-state index is -0.802. The highest BCUT2D eigenvalue weighted by molar-refractivity contribution is 9.10. The Balaban J connectivity index is 2.36. The Morgan fingerprint density at radius 3 is 2.54 bits per heavy atom. The Labute approximate surface area is 83.1 Å². The van der Waals surface area contributed by atoms with E-state index in [1.165, 1.54) is 12.4 Å². The molecule has 4 nitrogen and oxygen atoms in total. The van der Waals surface area contributed by atoms with Gasteiger partial charge in [0.2, 0.25) is 0 Å². The number of carbonyl (C=O) groups is 1. The molecule has 0 amide bonds. The van der Waals surface area contributed by atoms with Crippen molar-refractivity contribution in [1.29, 1.82) is 0 Å².